The maximum absolute atomic E-state index is 5.36. The third kappa shape index (κ3) is 2.48. The van der Waals surface area contributed by atoms with Crippen LogP contribution in [-0.4, -0.2) is 14.7 Å². The number of aromatic nitrogens is 2. The minimum Gasteiger partial charge on any atom is -0.376 e. The molecule has 0 spiro atoms. The number of nitrogens with zero attached hydrogens (tertiary/aromatic N) is 2. The van der Waals surface area contributed by atoms with Crippen LogP contribution >= 0.6 is 23.8 Å². The molecule has 2 aromatic rings. The van der Waals surface area contributed by atoms with Crippen molar-refractivity contribution in [1.82, 2.24) is 9.59 Å². The quantitative estimate of drug-likeness (QED) is 0.779. The van der Waals surface area contributed by atoms with Gasteiger partial charge in [-0.2, -0.15) is 0 Å². The maximum atomic E-state index is 5.36. The summed E-state index contributed by atoms with van der Waals surface area (Å²) in [6.45, 7) is 0. The molecule has 0 fully saturated rings. The van der Waals surface area contributed by atoms with Crippen LogP contribution in [0.5, 0.6) is 0 Å². The van der Waals surface area contributed by atoms with Crippen LogP contribution in [0.15, 0.2) is 29.6 Å². The number of anilines is 1. The number of thiocarbonyl (C=S) groups is 1. The molecule has 0 bridgehead atoms. The summed E-state index contributed by atoms with van der Waals surface area (Å²) in [5.41, 5.74) is 8.13. The van der Waals surface area contributed by atoms with Gasteiger partial charge >= 0.3 is 0 Å². The largest absolute Gasteiger partial charge is 0.376 e. The Labute approximate surface area is 96.3 Å². The van der Waals surface area contributed by atoms with Crippen LogP contribution in [0.3, 0.4) is 0 Å². The predicted octanol–water partition coefficient (Wildman–Crippen LogP) is 1.86. The summed E-state index contributed by atoms with van der Waals surface area (Å²) in [6.07, 6.45) is 0. The predicted molar refractivity (Wildman–Crippen MR) is 65.8 cm³/mol. The first kappa shape index (κ1) is 10.0. The van der Waals surface area contributed by atoms with Gasteiger partial charge in [-0.3, -0.25) is 0 Å². The molecule has 6 heteroatoms. The number of rotatable bonds is 2. The van der Waals surface area contributed by atoms with Gasteiger partial charge in [-0.15, -0.1) is 5.10 Å². The number of hydrogen-bond acceptors (Lipinski definition) is 4. The Morgan fingerprint density at radius 1 is 1.33 bits per heavy atom. The fourth-order valence-corrected chi connectivity index (χ4v) is 1.74. The molecule has 1 aromatic heterocycles. The van der Waals surface area contributed by atoms with Gasteiger partial charge in [-0.1, -0.05) is 16.6 Å². The molecule has 3 N–H and O–H groups in total. The van der Waals surface area contributed by atoms with Crippen molar-refractivity contribution in [1.29, 1.82) is 0 Å². The highest BCUT2D eigenvalue weighted by atomic mass is 32.1. The van der Waals surface area contributed by atoms with Crippen LogP contribution in [0, 0.1) is 0 Å². The lowest BCUT2D eigenvalue weighted by Crippen LogP contribution is -2.18. The van der Waals surface area contributed by atoms with Gasteiger partial charge in [0.15, 0.2) is 5.11 Å². The second-order valence-corrected chi connectivity index (χ2v) is 3.91. The highest BCUT2D eigenvalue weighted by Crippen LogP contribution is 2.19. The summed E-state index contributed by atoms with van der Waals surface area (Å²) in [4.78, 5) is 0. The second-order valence-electron chi connectivity index (χ2n) is 2.86. The Bertz CT molecular complexity index is 449. The van der Waals surface area contributed by atoms with Crippen molar-refractivity contribution in [2.45, 2.75) is 0 Å². The van der Waals surface area contributed by atoms with Crippen LogP contribution in [0.4, 0.5) is 5.69 Å². The topological polar surface area (TPSA) is 63.8 Å². The molecule has 4 nitrogen and oxygen atoms in total. The molecule has 0 atom stereocenters. The molecule has 0 radical (unpaired) electrons. The molecule has 0 aliphatic heterocycles. The summed E-state index contributed by atoms with van der Waals surface area (Å²) < 4.78 is 3.80. The molecular weight excluding hydrogens is 228 g/mol. The summed E-state index contributed by atoms with van der Waals surface area (Å²) >= 11 is 6.07. The molecule has 0 unspecified atom stereocenters. The van der Waals surface area contributed by atoms with Gasteiger partial charge in [0.25, 0.3) is 0 Å². The van der Waals surface area contributed by atoms with E-state index >= 15 is 0 Å². The van der Waals surface area contributed by atoms with E-state index in [4.69, 9.17) is 18.0 Å². The average molecular weight is 236 g/mol. The second kappa shape index (κ2) is 4.33. The van der Waals surface area contributed by atoms with E-state index in [0.29, 0.717) is 0 Å². The van der Waals surface area contributed by atoms with E-state index in [9.17, 15) is 0 Å². The Morgan fingerprint density at radius 3 is 2.60 bits per heavy atom. The molecular formula is C9H8N4S2. The lowest BCUT2D eigenvalue weighted by atomic mass is 10.1. The fraction of sp³-hybridized carbons (Fsp3) is 0. The number of hydrogen-bond donors (Lipinski definition) is 2. The Kier molecular flexibility index (Phi) is 2.89. The summed E-state index contributed by atoms with van der Waals surface area (Å²) in [6, 6.07) is 7.68. The van der Waals surface area contributed by atoms with Crippen LogP contribution < -0.4 is 11.1 Å². The zero-order chi connectivity index (χ0) is 10.7. The maximum Gasteiger partial charge on any atom is 0.168 e. The Morgan fingerprint density at radius 2 is 2.07 bits per heavy atom. The zero-order valence-electron chi connectivity index (χ0n) is 7.68. The van der Waals surface area contributed by atoms with Crippen molar-refractivity contribution in [3.8, 4) is 11.3 Å². The van der Waals surface area contributed by atoms with E-state index in [2.05, 4.69) is 14.9 Å². The third-order valence-electron chi connectivity index (χ3n) is 1.81. The van der Waals surface area contributed by atoms with E-state index in [1.807, 2.05) is 29.6 Å². The summed E-state index contributed by atoms with van der Waals surface area (Å²) in [5, 5.41) is 8.99. The van der Waals surface area contributed by atoms with Crippen molar-refractivity contribution in [3.63, 3.8) is 0 Å². The summed E-state index contributed by atoms with van der Waals surface area (Å²) in [5.74, 6) is 0. The molecule has 1 aromatic carbocycles. The van der Waals surface area contributed by atoms with E-state index in [0.717, 1.165) is 16.9 Å². The number of benzene rings is 1. The number of nitrogens with one attached hydrogen (secondary N) is 1. The number of nitrogens with two attached hydrogens (primary N) is 1. The highest BCUT2D eigenvalue weighted by molar-refractivity contribution is 7.80. The minimum atomic E-state index is 0.262. The van der Waals surface area contributed by atoms with Gasteiger partial charge in [0.2, 0.25) is 0 Å². The molecule has 15 heavy (non-hydrogen) atoms. The molecule has 0 saturated carbocycles. The first-order valence-corrected chi connectivity index (χ1v) is 5.44. The van der Waals surface area contributed by atoms with Crippen LogP contribution in [-0.2, 0) is 0 Å². The van der Waals surface area contributed by atoms with E-state index in [1.165, 1.54) is 11.5 Å². The first-order valence-electron chi connectivity index (χ1n) is 4.19. The lowest BCUT2D eigenvalue weighted by Gasteiger charge is -2.03. The van der Waals surface area contributed by atoms with Gasteiger partial charge in [0.1, 0.15) is 5.69 Å². The smallest absolute Gasteiger partial charge is 0.168 e. The van der Waals surface area contributed by atoms with Gasteiger partial charge in [0, 0.05) is 16.6 Å². The van der Waals surface area contributed by atoms with Gasteiger partial charge in [-0.25, -0.2) is 0 Å². The van der Waals surface area contributed by atoms with E-state index in [-0.39, 0.29) is 5.11 Å². The van der Waals surface area contributed by atoms with Crippen LogP contribution in [0.2, 0.25) is 0 Å². The van der Waals surface area contributed by atoms with Gasteiger partial charge in [0.05, 0.1) is 0 Å². The molecule has 0 aliphatic carbocycles. The molecule has 1 heterocycles. The summed E-state index contributed by atoms with van der Waals surface area (Å²) in [7, 11) is 0. The Hall–Kier alpha value is -1.53. The average Bonchev–Trinajstić information content (AvgIpc) is 2.71. The van der Waals surface area contributed by atoms with Gasteiger partial charge in [-0.05, 0) is 35.9 Å². The first-order chi connectivity index (χ1) is 7.25. The van der Waals surface area contributed by atoms with Gasteiger partial charge < -0.3 is 11.1 Å². The van der Waals surface area contributed by atoms with Crippen molar-refractivity contribution in [2.75, 3.05) is 5.32 Å². The molecule has 0 amide bonds. The van der Waals surface area contributed by atoms with Crippen LogP contribution in [0.1, 0.15) is 0 Å². The normalized spacial score (nSPS) is 9.87. The van der Waals surface area contributed by atoms with Crippen molar-refractivity contribution in [2.24, 2.45) is 5.73 Å². The van der Waals surface area contributed by atoms with Crippen molar-refractivity contribution in [3.05, 3.63) is 29.6 Å². The van der Waals surface area contributed by atoms with E-state index in [1.54, 1.807) is 0 Å². The zero-order valence-corrected chi connectivity index (χ0v) is 9.31. The molecule has 76 valence electrons. The van der Waals surface area contributed by atoms with Crippen molar-refractivity contribution >= 4 is 34.6 Å². The standard InChI is InChI=1S/C9H8N4S2/c10-9(14)11-7-3-1-6(2-4-7)8-5-15-13-12-8/h1-5H,(H3,10,11,14). The Balaban J connectivity index is 2.21. The molecule has 0 saturated heterocycles. The highest BCUT2D eigenvalue weighted by Gasteiger charge is 2.00. The van der Waals surface area contributed by atoms with E-state index < -0.39 is 0 Å². The van der Waals surface area contributed by atoms with Crippen LogP contribution in [0.25, 0.3) is 11.3 Å². The fourth-order valence-electron chi connectivity index (χ4n) is 1.16. The lowest BCUT2D eigenvalue weighted by molar-refractivity contribution is 1.16. The SMILES string of the molecule is NC(=S)Nc1ccc(-c2csnn2)cc1. The van der Waals surface area contributed by atoms with Crippen molar-refractivity contribution < 1.29 is 0 Å². The monoisotopic (exact) mass is 236 g/mol. The molecule has 2 rings (SSSR count). The minimum absolute atomic E-state index is 0.262. The molecule has 0 aliphatic rings. The third-order valence-corrected chi connectivity index (χ3v) is 2.41.